The van der Waals surface area contributed by atoms with Gasteiger partial charge in [0.2, 0.25) is 0 Å². The summed E-state index contributed by atoms with van der Waals surface area (Å²) in [5, 5.41) is 2.95. The fourth-order valence-corrected chi connectivity index (χ4v) is 4.46. The van der Waals surface area contributed by atoms with Crippen molar-refractivity contribution in [3.05, 3.63) is 82.9 Å². The van der Waals surface area contributed by atoms with Gasteiger partial charge >= 0.3 is 0 Å². The molecule has 8 heteroatoms. The zero-order chi connectivity index (χ0) is 24.2. The van der Waals surface area contributed by atoms with Gasteiger partial charge < -0.3 is 14.8 Å². The molecule has 0 spiro atoms. The summed E-state index contributed by atoms with van der Waals surface area (Å²) in [5.41, 5.74) is 3.32. The van der Waals surface area contributed by atoms with Gasteiger partial charge in [0.1, 0.15) is 0 Å². The molecule has 0 radical (unpaired) electrons. The molecule has 0 aliphatic heterocycles. The third-order valence-corrected chi connectivity index (χ3v) is 6.70. The second kappa shape index (κ2) is 9.95. The number of amides is 1. The molecule has 0 aliphatic rings. The summed E-state index contributed by atoms with van der Waals surface area (Å²) < 4.78 is 38.5. The van der Waals surface area contributed by atoms with Crippen molar-refractivity contribution in [3.63, 3.8) is 0 Å². The molecule has 0 fully saturated rings. The highest BCUT2D eigenvalue weighted by molar-refractivity contribution is 7.92. The Morgan fingerprint density at radius 1 is 0.879 bits per heavy atom. The first-order chi connectivity index (χ1) is 15.6. The highest BCUT2D eigenvalue weighted by Crippen LogP contribution is 2.30. The molecule has 33 heavy (non-hydrogen) atoms. The van der Waals surface area contributed by atoms with Crippen LogP contribution in [-0.4, -0.2) is 28.5 Å². The van der Waals surface area contributed by atoms with E-state index in [1.807, 2.05) is 26.0 Å². The maximum Gasteiger partial charge on any atom is 0.261 e. The van der Waals surface area contributed by atoms with Crippen molar-refractivity contribution in [2.75, 3.05) is 18.9 Å². The fourth-order valence-electron chi connectivity index (χ4n) is 3.33. The summed E-state index contributed by atoms with van der Waals surface area (Å²) in [6.45, 7) is 5.52. The summed E-state index contributed by atoms with van der Waals surface area (Å²) in [6, 6.07) is 16.6. The highest BCUT2D eigenvalue weighted by atomic mass is 32.2. The molecule has 0 aromatic heterocycles. The molecular weight excluding hydrogens is 440 g/mol. The Bertz CT molecular complexity index is 1250. The van der Waals surface area contributed by atoms with Crippen molar-refractivity contribution in [3.8, 4) is 11.5 Å². The van der Waals surface area contributed by atoms with Crippen LogP contribution in [0.15, 0.2) is 65.6 Å². The number of anilines is 1. The SMILES string of the molecule is COc1ccc(C(C)NC(=O)c2ccc(NS(=O)(=O)c3ccc(C)cc3)c(C)c2)cc1OC. The molecule has 3 aromatic carbocycles. The quantitative estimate of drug-likeness (QED) is 0.503. The Morgan fingerprint density at radius 3 is 2.15 bits per heavy atom. The van der Waals surface area contributed by atoms with E-state index in [0.717, 1.165) is 11.1 Å². The Balaban J connectivity index is 1.74. The van der Waals surface area contributed by atoms with Crippen molar-refractivity contribution in [2.24, 2.45) is 0 Å². The molecule has 1 atom stereocenters. The molecule has 3 rings (SSSR count). The zero-order valence-electron chi connectivity index (χ0n) is 19.3. The van der Waals surface area contributed by atoms with Crippen LogP contribution in [-0.2, 0) is 10.0 Å². The van der Waals surface area contributed by atoms with E-state index in [1.54, 1.807) is 69.7 Å². The van der Waals surface area contributed by atoms with Gasteiger partial charge in [0.15, 0.2) is 11.5 Å². The highest BCUT2D eigenvalue weighted by Gasteiger charge is 2.18. The van der Waals surface area contributed by atoms with Crippen LogP contribution in [0.5, 0.6) is 11.5 Å². The van der Waals surface area contributed by atoms with Crippen LogP contribution in [0, 0.1) is 13.8 Å². The van der Waals surface area contributed by atoms with Crippen LogP contribution in [0.2, 0.25) is 0 Å². The summed E-state index contributed by atoms with van der Waals surface area (Å²) in [7, 11) is -0.603. The molecule has 0 heterocycles. The van der Waals surface area contributed by atoms with E-state index in [2.05, 4.69) is 10.0 Å². The predicted molar refractivity (Wildman–Crippen MR) is 129 cm³/mol. The molecule has 0 saturated carbocycles. The minimum Gasteiger partial charge on any atom is -0.493 e. The van der Waals surface area contributed by atoms with Gasteiger partial charge in [0.25, 0.3) is 15.9 Å². The van der Waals surface area contributed by atoms with E-state index in [9.17, 15) is 13.2 Å². The monoisotopic (exact) mass is 468 g/mol. The number of methoxy groups -OCH3 is 2. The number of nitrogens with one attached hydrogen (secondary N) is 2. The second-order valence-corrected chi connectivity index (χ2v) is 9.44. The van der Waals surface area contributed by atoms with Crippen molar-refractivity contribution in [1.29, 1.82) is 0 Å². The van der Waals surface area contributed by atoms with Crippen molar-refractivity contribution in [1.82, 2.24) is 5.32 Å². The van der Waals surface area contributed by atoms with Crippen LogP contribution in [0.25, 0.3) is 0 Å². The summed E-state index contributed by atoms with van der Waals surface area (Å²) in [5.74, 6) is 0.921. The van der Waals surface area contributed by atoms with Gasteiger partial charge in [-0.25, -0.2) is 8.42 Å². The van der Waals surface area contributed by atoms with E-state index in [-0.39, 0.29) is 16.8 Å². The van der Waals surface area contributed by atoms with Crippen LogP contribution >= 0.6 is 0 Å². The Hall–Kier alpha value is -3.52. The van der Waals surface area contributed by atoms with E-state index >= 15 is 0 Å². The zero-order valence-corrected chi connectivity index (χ0v) is 20.1. The first-order valence-corrected chi connectivity index (χ1v) is 11.9. The average molecular weight is 469 g/mol. The topological polar surface area (TPSA) is 93.7 Å². The summed E-state index contributed by atoms with van der Waals surface area (Å²) in [6.07, 6.45) is 0. The molecule has 1 amide bonds. The standard InChI is InChI=1S/C25H28N2O5S/c1-16-6-10-21(11-7-16)33(29,30)27-22-12-8-20(14-17(22)2)25(28)26-18(3)19-9-13-23(31-4)24(15-19)32-5/h6-15,18,27H,1-5H3,(H,26,28). The molecule has 0 aliphatic carbocycles. The lowest BCUT2D eigenvalue weighted by Gasteiger charge is -2.17. The summed E-state index contributed by atoms with van der Waals surface area (Å²) in [4.78, 5) is 13.0. The lowest BCUT2D eigenvalue weighted by Crippen LogP contribution is -2.26. The lowest BCUT2D eigenvalue weighted by molar-refractivity contribution is 0.0939. The van der Waals surface area contributed by atoms with E-state index in [0.29, 0.717) is 28.3 Å². The molecule has 0 saturated heterocycles. The molecule has 174 valence electrons. The maximum absolute atomic E-state index is 12.8. The molecule has 0 bridgehead atoms. The van der Waals surface area contributed by atoms with Gasteiger partial charge in [-0.2, -0.15) is 0 Å². The van der Waals surface area contributed by atoms with Crippen LogP contribution < -0.4 is 19.5 Å². The minimum atomic E-state index is -3.73. The smallest absolute Gasteiger partial charge is 0.261 e. The number of hydrogen-bond donors (Lipinski definition) is 2. The van der Waals surface area contributed by atoms with E-state index in [4.69, 9.17) is 9.47 Å². The van der Waals surface area contributed by atoms with Gasteiger partial charge in [-0.1, -0.05) is 23.8 Å². The molecular formula is C25H28N2O5S. The normalized spacial score (nSPS) is 12.0. The fraction of sp³-hybridized carbons (Fsp3) is 0.240. The van der Waals surface area contributed by atoms with Gasteiger partial charge in [0, 0.05) is 5.56 Å². The van der Waals surface area contributed by atoms with Gasteiger partial charge in [-0.3, -0.25) is 9.52 Å². The molecule has 1 unspecified atom stereocenters. The predicted octanol–water partition coefficient (Wildman–Crippen LogP) is 4.61. The maximum atomic E-state index is 12.8. The molecule has 3 aromatic rings. The Labute approximate surface area is 194 Å². The second-order valence-electron chi connectivity index (χ2n) is 7.76. The average Bonchev–Trinajstić information content (AvgIpc) is 2.79. The van der Waals surface area contributed by atoms with Gasteiger partial charge in [-0.05, 0) is 74.4 Å². The van der Waals surface area contributed by atoms with Crippen LogP contribution in [0.1, 0.15) is 40.0 Å². The number of carbonyl (C=O) groups excluding carboxylic acids is 1. The van der Waals surface area contributed by atoms with E-state index in [1.165, 1.54) is 0 Å². The number of hydrogen-bond acceptors (Lipinski definition) is 5. The Morgan fingerprint density at radius 2 is 1.55 bits per heavy atom. The van der Waals surface area contributed by atoms with Crippen molar-refractivity contribution >= 4 is 21.6 Å². The number of benzene rings is 3. The first kappa shape index (κ1) is 24.1. The largest absolute Gasteiger partial charge is 0.493 e. The molecule has 7 nitrogen and oxygen atoms in total. The number of carbonyl (C=O) groups is 1. The molecule has 2 N–H and O–H groups in total. The third kappa shape index (κ3) is 5.64. The van der Waals surface area contributed by atoms with Crippen LogP contribution in [0.4, 0.5) is 5.69 Å². The van der Waals surface area contributed by atoms with Crippen molar-refractivity contribution in [2.45, 2.75) is 31.7 Å². The van der Waals surface area contributed by atoms with Gasteiger partial charge in [-0.15, -0.1) is 0 Å². The van der Waals surface area contributed by atoms with Crippen LogP contribution in [0.3, 0.4) is 0 Å². The minimum absolute atomic E-state index is 0.179. The van der Waals surface area contributed by atoms with Gasteiger partial charge in [0.05, 0.1) is 30.8 Å². The Kier molecular flexibility index (Phi) is 7.28. The third-order valence-electron chi connectivity index (χ3n) is 5.32. The number of sulfonamides is 1. The van der Waals surface area contributed by atoms with E-state index < -0.39 is 10.0 Å². The number of rotatable bonds is 8. The summed E-state index contributed by atoms with van der Waals surface area (Å²) >= 11 is 0. The van der Waals surface area contributed by atoms with Crippen molar-refractivity contribution < 1.29 is 22.7 Å². The number of aryl methyl sites for hydroxylation is 2. The number of ether oxygens (including phenoxy) is 2. The first-order valence-electron chi connectivity index (χ1n) is 10.4. The lowest BCUT2D eigenvalue weighted by atomic mass is 10.1.